The lowest BCUT2D eigenvalue weighted by molar-refractivity contribution is -0.117. The molecule has 35 heavy (non-hydrogen) atoms. The molecule has 0 heterocycles. The molecule has 4 nitrogen and oxygen atoms in total. The molecule has 0 aliphatic heterocycles. The number of alkyl halides is 2. The number of halogens is 5. The first-order valence-corrected chi connectivity index (χ1v) is 13.8. The fraction of sp³-hybridized carbons (Fsp3) is 0.160. The summed E-state index contributed by atoms with van der Waals surface area (Å²) in [7, 11) is -1.06. The van der Waals surface area contributed by atoms with Crippen LogP contribution < -0.4 is 10.6 Å². The molecule has 1 saturated carbocycles. The molecule has 0 spiro atoms. The summed E-state index contributed by atoms with van der Waals surface area (Å²) in [4.78, 5) is 13.8. The maximum Gasteiger partial charge on any atom is 0.231 e. The zero-order valence-electron chi connectivity index (χ0n) is 18.2. The molecule has 1 aliphatic rings. The van der Waals surface area contributed by atoms with Crippen LogP contribution in [0.15, 0.2) is 72.1 Å². The lowest BCUT2D eigenvalue weighted by Gasteiger charge is -2.14. The van der Waals surface area contributed by atoms with Crippen LogP contribution in [0.1, 0.15) is 17.0 Å². The Bertz CT molecular complexity index is 1320. The molecule has 3 aromatic rings. The van der Waals surface area contributed by atoms with Crippen molar-refractivity contribution >= 4 is 91.8 Å². The van der Waals surface area contributed by atoms with E-state index in [0.717, 1.165) is 10.6 Å². The number of hydrogen-bond acceptors (Lipinski definition) is 3. The van der Waals surface area contributed by atoms with Gasteiger partial charge in [0.2, 0.25) is 5.91 Å². The van der Waals surface area contributed by atoms with Gasteiger partial charge in [0.1, 0.15) is 4.33 Å². The molecule has 3 aromatic carbocycles. The van der Waals surface area contributed by atoms with Crippen molar-refractivity contribution in [1.82, 2.24) is 0 Å². The highest BCUT2D eigenvalue weighted by Crippen LogP contribution is 2.65. The van der Waals surface area contributed by atoms with Crippen LogP contribution in [0, 0.1) is 5.92 Å². The molecule has 0 radical (unpaired) electrons. The van der Waals surface area contributed by atoms with Gasteiger partial charge in [-0.2, -0.15) is 0 Å². The summed E-state index contributed by atoms with van der Waals surface area (Å²) in [5.74, 6) is -1.49. The average Bonchev–Trinajstić information content (AvgIpc) is 3.36. The van der Waals surface area contributed by atoms with Gasteiger partial charge < -0.3 is 10.6 Å². The first-order chi connectivity index (χ1) is 16.5. The van der Waals surface area contributed by atoms with Gasteiger partial charge >= 0.3 is 0 Å². The Kier molecular flexibility index (Phi) is 7.77. The Morgan fingerprint density at radius 2 is 1.51 bits per heavy atom. The van der Waals surface area contributed by atoms with Crippen LogP contribution in [-0.4, -0.2) is 20.7 Å². The molecule has 4 rings (SSSR count). The molecule has 1 aliphatic carbocycles. The van der Waals surface area contributed by atoms with E-state index in [1.165, 1.54) is 0 Å². The minimum absolute atomic E-state index is 0.342. The van der Waals surface area contributed by atoms with Crippen molar-refractivity contribution in [3.05, 3.63) is 93.4 Å². The third-order valence-electron chi connectivity index (χ3n) is 5.62. The van der Waals surface area contributed by atoms with E-state index in [-0.39, 0.29) is 5.91 Å². The van der Waals surface area contributed by atoms with Gasteiger partial charge in [-0.25, -0.2) is 0 Å². The van der Waals surface area contributed by atoms with E-state index in [1.807, 2.05) is 0 Å². The third kappa shape index (κ3) is 5.82. The number of carbonyl (C=O) groups excluding carboxylic acids is 1. The Labute approximate surface area is 231 Å². The number of carbonyl (C=O) groups is 1. The van der Waals surface area contributed by atoms with E-state index in [4.69, 9.17) is 58.0 Å². The van der Waals surface area contributed by atoms with E-state index >= 15 is 0 Å². The van der Waals surface area contributed by atoms with Crippen molar-refractivity contribution in [2.45, 2.75) is 15.1 Å². The van der Waals surface area contributed by atoms with E-state index in [0.29, 0.717) is 37.6 Å². The molecule has 182 valence electrons. The number of rotatable bonds is 7. The quantitative estimate of drug-likeness (QED) is 0.275. The maximum absolute atomic E-state index is 13.0. The van der Waals surface area contributed by atoms with Crippen molar-refractivity contribution < 1.29 is 9.00 Å². The maximum atomic E-state index is 13.0. The highest BCUT2D eigenvalue weighted by Gasteiger charge is 2.67. The second kappa shape index (κ2) is 10.3. The molecule has 10 heteroatoms. The molecule has 3 atom stereocenters. The fourth-order valence-corrected chi connectivity index (χ4v) is 5.97. The first kappa shape index (κ1) is 26.3. The SMILES string of the molecule is C=C(Nc1ccc(S(C)=O)cc1)c1cc(NC(=O)C2C(c3cc(Cl)cc(Cl)c3)C2(Cl)Cl)ccc1Cl. The molecular formula is C25H19Cl5N2O2S. The van der Waals surface area contributed by atoms with Crippen LogP contribution in [0.25, 0.3) is 5.70 Å². The van der Waals surface area contributed by atoms with E-state index < -0.39 is 27.0 Å². The molecule has 1 fully saturated rings. The third-order valence-corrected chi connectivity index (χ3v) is 8.26. The van der Waals surface area contributed by atoms with Gasteiger partial charge in [0, 0.05) is 60.5 Å². The van der Waals surface area contributed by atoms with Crippen molar-refractivity contribution in [3.63, 3.8) is 0 Å². The molecular weight excluding hydrogens is 570 g/mol. The summed E-state index contributed by atoms with van der Waals surface area (Å²) in [6.45, 7) is 4.06. The number of amides is 1. The molecule has 0 aromatic heterocycles. The zero-order chi connectivity index (χ0) is 25.5. The minimum Gasteiger partial charge on any atom is -0.355 e. The standard InChI is InChI=1S/C25H19Cl5N2O2S/c1-13(31-17-3-6-19(7-4-17)35(2)34)20-12-18(5-8-21(20)28)32-24(33)23-22(25(23,29)30)14-9-15(26)11-16(27)10-14/h3-12,22-23,31H,1H2,2H3,(H,32,33). The predicted molar refractivity (Wildman–Crippen MR) is 149 cm³/mol. The zero-order valence-corrected chi connectivity index (χ0v) is 22.8. The van der Waals surface area contributed by atoms with Crippen LogP contribution in [0.4, 0.5) is 11.4 Å². The van der Waals surface area contributed by atoms with Crippen molar-refractivity contribution in [1.29, 1.82) is 0 Å². The second-order valence-corrected chi connectivity index (χ2v) is 12.2. The van der Waals surface area contributed by atoms with Gasteiger partial charge in [-0.1, -0.05) is 41.4 Å². The van der Waals surface area contributed by atoms with Crippen molar-refractivity contribution in [2.75, 3.05) is 16.9 Å². The van der Waals surface area contributed by atoms with Gasteiger partial charge in [-0.15, -0.1) is 23.2 Å². The molecule has 1 amide bonds. The smallest absolute Gasteiger partial charge is 0.231 e. The Morgan fingerprint density at radius 1 is 0.914 bits per heavy atom. The predicted octanol–water partition coefficient (Wildman–Crippen LogP) is 7.99. The molecule has 3 unspecified atom stereocenters. The van der Waals surface area contributed by atoms with Crippen LogP contribution in [-0.2, 0) is 15.6 Å². The Morgan fingerprint density at radius 3 is 2.11 bits per heavy atom. The first-order valence-electron chi connectivity index (χ1n) is 10.3. The van der Waals surface area contributed by atoms with Gasteiger partial charge in [-0.3, -0.25) is 9.00 Å². The number of nitrogens with one attached hydrogen (secondary N) is 2. The Hall–Kier alpha value is -1.73. The van der Waals surface area contributed by atoms with Crippen LogP contribution in [0.3, 0.4) is 0 Å². The average molecular weight is 589 g/mol. The number of hydrogen-bond donors (Lipinski definition) is 2. The lowest BCUT2D eigenvalue weighted by Crippen LogP contribution is -2.17. The van der Waals surface area contributed by atoms with Gasteiger partial charge in [0.05, 0.1) is 10.9 Å². The Balaban J connectivity index is 1.49. The molecule has 0 saturated heterocycles. The summed E-state index contributed by atoms with van der Waals surface area (Å²) in [6, 6.07) is 17.2. The highest BCUT2D eigenvalue weighted by atomic mass is 35.5. The van der Waals surface area contributed by atoms with E-state index in [2.05, 4.69) is 17.2 Å². The summed E-state index contributed by atoms with van der Waals surface area (Å²) in [5.41, 5.74) is 3.08. The van der Waals surface area contributed by atoms with Crippen molar-refractivity contribution in [3.8, 4) is 0 Å². The topological polar surface area (TPSA) is 58.2 Å². The number of benzene rings is 3. The lowest BCUT2D eigenvalue weighted by atomic mass is 10.1. The summed E-state index contributed by atoms with van der Waals surface area (Å²) in [6.07, 6.45) is 1.62. The highest BCUT2D eigenvalue weighted by molar-refractivity contribution is 7.84. The second-order valence-electron chi connectivity index (χ2n) is 8.10. The van der Waals surface area contributed by atoms with E-state index in [1.54, 1.807) is 66.9 Å². The van der Waals surface area contributed by atoms with Crippen molar-refractivity contribution in [2.24, 2.45) is 5.92 Å². The van der Waals surface area contributed by atoms with Gasteiger partial charge in [-0.05, 0) is 66.2 Å². The van der Waals surface area contributed by atoms with Gasteiger partial charge in [0.25, 0.3) is 0 Å². The van der Waals surface area contributed by atoms with E-state index in [9.17, 15) is 9.00 Å². The fourth-order valence-electron chi connectivity index (χ4n) is 3.85. The largest absolute Gasteiger partial charge is 0.355 e. The normalized spacial score (nSPS) is 19.0. The minimum atomic E-state index is -1.28. The van der Waals surface area contributed by atoms with Crippen LogP contribution in [0.5, 0.6) is 0 Å². The summed E-state index contributed by atoms with van der Waals surface area (Å²) < 4.78 is 10.3. The van der Waals surface area contributed by atoms with Crippen LogP contribution >= 0.6 is 58.0 Å². The summed E-state index contributed by atoms with van der Waals surface area (Å²) >= 11 is 31.5. The summed E-state index contributed by atoms with van der Waals surface area (Å²) in [5, 5.41) is 7.36. The van der Waals surface area contributed by atoms with Gasteiger partial charge in [0.15, 0.2) is 0 Å². The number of anilines is 2. The molecule has 2 N–H and O–H groups in total. The monoisotopic (exact) mass is 586 g/mol. The molecule has 0 bridgehead atoms. The van der Waals surface area contributed by atoms with Crippen LogP contribution in [0.2, 0.25) is 15.1 Å².